The van der Waals surface area contributed by atoms with Gasteiger partial charge in [0.1, 0.15) is 0 Å². The van der Waals surface area contributed by atoms with E-state index in [9.17, 15) is 14.4 Å². The molecule has 22 heavy (non-hydrogen) atoms. The first-order chi connectivity index (χ1) is 10.3. The smallest absolute Gasteiger partial charge is 0.410 e. The fourth-order valence-electron chi connectivity index (χ4n) is 2.14. The molecular weight excluding hydrogens is 290 g/mol. The molecule has 0 radical (unpaired) electrons. The number of carboxylic acids is 1. The van der Waals surface area contributed by atoms with Crippen molar-refractivity contribution in [3.05, 3.63) is 0 Å². The van der Waals surface area contributed by atoms with Gasteiger partial charge in [-0.15, -0.1) is 0 Å². The van der Waals surface area contributed by atoms with Crippen LogP contribution in [0.15, 0.2) is 0 Å². The number of hydrogen-bond donors (Lipinski definition) is 2. The molecule has 0 fully saturated rings. The summed E-state index contributed by atoms with van der Waals surface area (Å²) in [6.07, 6.45) is 0.723. The van der Waals surface area contributed by atoms with E-state index in [1.165, 1.54) is 6.92 Å². The number of nitrogens with one attached hydrogen (secondary N) is 1. The molecule has 0 rings (SSSR count). The highest BCUT2D eigenvalue weighted by Gasteiger charge is 2.21. The van der Waals surface area contributed by atoms with Crippen molar-refractivity contribution in [1.82, 2.24) is 5.32 Å². The van der Waals surface area contributed by atoms with E-state index in [2.05, 4.69) is 5.32 Å². The van der Waals surface area contributed by atoms with Crippen LogP contribution < -0.4 is 5.32 Å². The van der Waals surface area contributed by atoms with E-state index in [1.54, 1.807) is 6.92 Å². The second-order valence-electron chi connectivity index (χ2n) is 5.39. The molecule has 128 valence electrons. The number of ether oxygens (including phenoxy) is 2. The molecule has 7 heteroatoms. The van der Waals surface area contributed by atoms with Crippen molar-refractivity contribution in [1.29, 1.82) is 0 Å². The Balaban J connectivity index is 4.41. The number of carbonyl (C=O) groups excluding carboxylic acids is 2. The first-order valence-corrected chi connectivity index (χ1v) is 7.66. The van der Waals surface area contributed by atoms with Gasteiger partial charge in [0, 0.05) is 19.4 Å². The molecule has 0 saturated heterocycles. The van der Waals surface area contributed by atoms with Gasteiger partial charge in [-0.2, -0.15) is 0 Å². The van der Waals surface area contributed by atoms with Gasteiger partial charge in [-0.25, -0.2) is 4.79 Å². The van der Waals surface area contributed by atoms with Gasteiger partial charge in [-0.05, 0) is 12.3 Å². The number of esters is 1. The highest BCUT2D eigenvalue weighted by molar-refractivity contribution is 5.72. The fraction of sp³-hybridized carbons (Fsp3) is 0.800. The lowest BCUT2D eigenvalue weighted by atomic mass is 9.95. The van der Waals surface area contributed by atoms with Crippen LogP contribution in [0.25, 0.3) is 0 Å². The summed E-state index contributed by atoms with van der Waals surface area (Å²) in [7, 11) is 0. The van der Waals surface area contributed by atoms with Gasteiger partial charge >= 0.3 is 18.0 Å². The number of carbonyl (C=O) groups is 3. The first kappa shape index (κ1) is 20.2. The molecule has 0 aromatic rings. The minimum Gasteiger partial charge on any atom is -0.481 e. The van der Waals surface area contributed by atoms with Crippen LogP contribution in [0.5, 0.6) is 0 Å². The lowest BCUT2D eigenvalue weighted by Crippen LogP contribution is -2.39. The molecule has 0 saturated carbocycles. The Bertz CT molecular complexity index is 371. The zero-order chi connectivity index (χ0) is 17.1. The number of amides is 1. The molecule has 1 amide bonds. The van der Waals surface area contributed by atoms with Gasteiger partial charge in [0.05, 0.1) is 6.42 Å². The molecule has 0 heterocycles. The maximum atomic E-state index is 11.7. The Kier molecular flexibility index (Phi) is 9.98. The van der Waals surface area contributed by atoms with E-state index in [0.29, 0.717) is 12.3 Å². The van der Waals surface area contributed by atoms with Crippen LogP contribution >= 0.6 is 0 Å². The van der Waals surface area contributed by atoms with Crippen molar-refractivity contribution >= 4 is 18.0 Å². The third-order valence-electron chi connectivity index (χ3n) is 3.07. The quantitative estimate of drug-likeness (QED) is 0.474. The Morgan fingerprint density at radius 2 is 1.77 bits per heavy atom. The van der Waals surface area contributed by atoms with E-state index in [1.807, 2.05) is 13.8 Å². The van der Waals surface area contributed by atoms with Crippen LogP contribution in [0.3, 0.4) is 0 Å². The van der Waals surface area contributed by atoms with Crippen molar-refractivity contribution in [3.8, 4) is 0 Å². The van der Waals surface area contributed by atoms with Crippen molar-refractivity contribution in [2.75, 3.05) is 0 Å². The first-order valence-electron chi connectivity index (χ1n) is 7.66. The highest BCUT2D eigenvalue weighted by atomic mass is 16.7. The largest absolute Gasteiger partial charge is 0.481 e. The van der Waals surface area contributed by atoms with Crippen molar-refractivity contribution in [2.45, 2.75) is 72.1 Å². The summed E-state index contributed by atoms with van der Waals surface area (Å²) >= 11 is 0. The standard InChI is InChI=1S/C15H27NO6/c1-5-7-10(3)8-12(9-13(17)18)16-15(20)22-11(4)21-14(19)6-2/h10-12H,5-9H2,1-4H3,(H,16,20)(H,17,18)/t10-,11-,12+/m1/s1. The van der Waals surface area contributed by atoms with Crippen molar-refractivity contribution in [2.24, 2.45) is 5.92 Å². The van der Waals surface area contributed by atoms with Gasteiger partial charge in [-0.1, -0.05) is 33.6 Å². The van der Waals surface area contributed by atoms with Crippen molar-refractivity contribution in [3.63, 3.8) is 0 Å². The molecule has 0 aliphatic heterocycles. The number of rotatable bonds is 10. The SMILES string of the molecule is CCC[C@@H](C)C[C@@H](CC(=O)O)NC(=O)O[C@H](C)OC(=O)CC. The van der Waals surface area contributed by atoms with E-state index < -0.39 is 30.4 Å². The molecule has 0 aromatic carbocycles. The summed E-state index contributed by atoms with van der Waals surface area (Å²) in [5.74, 6) is -1.16. The van der Waals surface area contributed by atoms with E-state index in [-0.39, 0.29) is 12.8 Å². The molecule has 0 spiro atoms. The van der Waals surface area contributed by atoms with Crippen LogP contribution in [0.4, 0.5) is 4.79 Å². The second kappa shape index (κ2) is 10.9. The maximum absolute atomic E-state index is 11.7. The summed E-state index contributed by atoms with van der Waals surface area (Å²) in [5, 5.41) is 11.4. The summed E-state index contributed by atoms with van der Waals surface area (Å²) < 4.78 is 9.70. The molecule has 7 nitrogen and oxygen atoms in total. The monoisotopic (exact) mass is 317 g/mol. The van der Waals surface area contributed by atoms with E-state index >= 15 is 0 Å². The average molecular weight is 317 g/mol. The van der Waals surface area contributed by atoms with Crippen LogP contribution in [-0.4, -0.2) is 35.5 Å². The third kappa shape index (κ3) is 10.0. The molecule has 0 aromatic heterocycles. The molecule has 2 N–H and O–H groups in total. The highest BCUT2D eigenvalue weighted by Crippen LogP contribution is 2.15. The Morgan fingerprint density at radius 1 is 1.14 bits per heavy atom. The molecule has 0 unspecified atom stereocenters. The minimum atomic E-state index is -1.01. The lowest BCUT2D eigenvalue weighted by Gasteiger charge is -2.21. The van der Waals surface area contributed by atoms with E-state index in [0.717, 1.165) is 12.8 Å². The van der Waals surface area contributed by atoms with Crippen LogP contribution in [0.2, 0.25) is 0 Å². The summed E-state index contributed by atoms with van der Waals surface area (Å²) in [4.78, 5) is 33.7. The minimum absolute atomic E-state index is 0.174. The topological polar surface area (TPSA) is 102 Å². The Hall–Kier alpha value is -1.79. The summed E-state index contributed by atoms with van der Waals surface area (Å²) in [6.45, 7) is 7.12. The molecule has 0 aliphatic carbocycles. The van der Waals surface area contributed by atoms with Crippen molar-refractivity contribution < 1.29 is 29.0 Å². The fourth-order valence-corrected chi connectivity index (χ4v) is 2.14. The van der Waals surface area contributed by atoms with Crippen LogP contribution in [0.1, 0.15) is 59.8 Å². The van der Waals surface area contributed by atoms with Gasteiger partial charge in [0.25, 0.3) is 0 Å². The molecule has 3 atom stereocenters. The molecular formula is C15H27NO6. The number of alkyl carbamates (subject to hydrolysis) is 1. The average Bonchev–Trinajstić information content (AvgIpc) is 2.37. The van der Waals surface area contributed by atoms with Crippen LogP contribution in [0, 0.1) is 5.92 Å². The number of carboxylic acid groups (broad SMARTS) is 1. The van der Waals surface area contributed by atoms with Gasteiger partial charge < -0.3 is 19.9 Å². The third-order valence-corrected chi connectivity index (χ3v) is 3.07. The maximum Gasteiger partial charge on any atom is 0.410 e. The molecule has 0 aliphatic rings. The van der Waals surface area contributed by atoms with E-state index in [4.69, 9.17) is 14.6 Å². The Morgan fingerprint density at radius 3 is 2.27 bits per heavy atom. The predicted octanol–water partition coefficient (Wildman–Crippen LogP) is 2.68. The lowest BCUT2D eigenvalue weighted by molar-refractivity contribution is -0.164. The molecule has 0 bridgehead atoms. The van der Waals surface area contributed by atoms with Gasteiger partial charge in [0.2, 0.25) is 6.29 Å². The zero-order valence-corrected chi connectivity index (χ0v) is 13.8. The van der Waals surface area contributed by atoms with Gasteiger partial charge in [-0.3, -0.25) is 9.59 Å². The number of hydrogen-bond acceptors (Lipinski definition) is 5. The zero-order valence-electron chi connectivity index (χ0n) is 13.8. The predicted molar refractivity (Wildman–Crippen MR) is 80.2 cm³/mol. The summed E-state index contributed by atoms with van der Waals surface area (Å²) in [5.41, 5.74) is 0. The normalized spacial score (nSPS) is 14.5. The summed E-state index contributed by atoms with van der Waals surface area (Å²) in [6, 6.07) is -0.513. The van der Waals surface area contributed by atoms with Crippen LogP contribution in [-0.2, 0) is 19.1 Å². The second-order valence-corrected chi connectivity index (χ2v) is 5.39. The Labute approximate surface area is 131 Å². The van der Waals surface area contributed by atoms with Gasteiger partial charge in [0.15, 0.2) is 0 Å². The number of aliphatic carboxylic acids is 1.